The van der Waals surface area contributed by atoms with E-state index in [4.69, 9.17) is 10.5 Å². The van der Waals surface area contributed by atoms with Crippen LogP contribution in [0.3, 0.4) is 0 Å². The quantitative estimate of drug-likeness (QED) is 0.633. The van der Waals surface area contributed by atoms with Crippen LogP contribution in [-0.4, -0.2) is 18.6 Å². The molecule has 0 saturated carbocycles. The Labute approximate surface area is 106 Å². The van der Waals surface area contributed by atoms with Crippen molar-refractivity contribution in [2.24, 2.45) is 17.6 Å². The first-order valence-corrected chi connectivity index (χ1v) is 6.93. The minimum absolute atomic E-state index is 0.242. The fourth-order valence-corrected chi connectivity index (χ4v) is 1.81. The number of ether oxygens (including phenoxy) is 1. The average molecular weight is 243 g/mol. The van der Waals surface area contributed by atoms with Crippen molar-refractivity contribution in [3.63, 3.8) is 0 Å². The zero-order valence-electron chi connectivity index (χ0n) is 11.9. The smallest absolute Gasteiger partial charge is 0.322 e. The third-order valence-electron chi connectivity index (χ3n) is 3.03. The molecule has 2 atom stereocenters. The molecule has 0 fully saturated rings. The van der Waals surface area contributed by atoms with Crippen LogP contribution in [0.25, 0.3) is 0 Å². The largest absolute Gasteiger partial charge is 0.464 e. The second-order valence-corrected chi connectivity index (χ2v) is 5.28. The molecule has 0 aromatic carbocycles. The van der Waals surface area contributed by atoms with Gasteiger partial charge in [0.05, 0.1) is 6.61 Å². The summed E-state index contributed by atoms with van der Waals surface area (Å²) >= 11 is 0. The van der Waals surface area contributed by atoms with E-state index in [2.05, 4.69) is 27.7 Å². The molecule has 0 amide bonds. The monoisotopic (exact) mass is 243 g/mol. The lowest BCUT2D eigenvalue weighted by Crippen LogP contribution is -2.34. The van der Waals surface area contributed by atoms with Crippen LogP contribution < -0.4 is 5.73 Å². The van der Waals surface area contributed by atoms with Crippen LogP contribution in [0.5, 0.6) is 0 Å². The molecule has 102 valence electrons. The van der Waals surface area contributed by atoms with Crippen molar-refractivity contribution in [3.05, 3.63) is 0 Å². The predicted octanol–water partition coefficient (Wildman–Crippen LogP) is 3.12. The van der Waals surface area contributed by atoms with Crippen molar-refractivity contribution in [1.29, 1.82) is 0 Å². The van der Waals surface area contributed by atoms with E-state index in [1.165, 1.54) is 12.8 Å². The number of nitrogens with two attached hydrogens (primary N) is 1. The summed E-state index contributed by atoms with van der Waals surface area (Å²) < 4.78 is 5.29. The Morgan fingerprint density at radius 1 is 1.29 bits per heavy atom. The highest BCUT2D eigenvalue weighted by Crippen LogP contribution is 2.13. The number of carbonyl (C=O) groups is 1. The van der Waals surface area contributed by atoms with E-state index in [1.807, 2.05) is 0 Å². The van der Waals surface area contributed by atoms with E-state index < -0.39 is 6.04 Å². The van der Waals surface area contributed by atoms with Crippen LogP contribution in [0.1, 0.15) is 59.8 Å². The van der Waals surface area contributed by atoms with Gasteiger partial charge in [-0.05, 0) is 24.7 Å². The normalized spacial score (nSPS) is 14.7. The summed E-state index contributed by atoms with van der Waals surface area (Å²) in [6.07, 6.45) is 5.29. The molecule has 0 saturated heterocycles. The van der Waals surface area contributed by atoms with Crippen molar-refractivity contribution in [1.82, 2.24) is 0 Å². The summed E-state index contributed by atoms with van der Waals surface area (Å²) in [6.45, 7) is 8.97. The lowest BCUT2D eigenvalue weighted by atomic mass is 10.0. The molecule has 3 heteroatoms. The van der Waals surface area contributed by atoms with Gasteiger partial charge in [0, 0.05) is 0 Å². The van der Waals surface area contributed by atoms with E-state index >= 15 is 0 Å². The Morgan fingerprint density at radius 2 is 1.94 bits per heavy atom. The number of carbonyl (C=O) groups excluding carboxylic acids is 1. The second kappa shape index (κ2) is 9.46. The number of hydrogen-bond donors (Lipinski definition) is 1. The van der Waals surface area contributed by atoms with Gasteiger partial charge in [-0.1, -0.05) is 47.0 Å². The zero-order chi connectivity index (χ0) is 13.3. The first-order chi connectivity index (χ1) is 8.01. The van der Waals surface area contributed by atoms with Crippen LogP contribution in [0.2, 0.25) is 0 Å². The first kappa shape index (κ1) is 16.4. The zero-order valence-corrected chi connectivity index (χ0v) is 11.9. The minimum Gasteiger partial charge on any atom is -0.464 e. The number of rotatable bonds is 9. The van der Waals surface area contributed by atoms with Crippen molar-refractivity contribution >= 4 is 5.97 Å². The molecule has 0 aliphatic carbocycles. The van der Waals surface area contributed by atoms with Crippen molar-refractivity contribution in [2.45, 2.75) is 65.8 Å². The molecule has 2 N–H and O–H groups in total. The summed E-state index contributed by atoms with van der Waals surface area (Å²) in [7, 11) is 0. The molecular weight excluding hydrogens is 214 g/mol. The standard InChI is InChI=1S/C14H29NO2/c1-5-7-8-12(6-2)10-17-14(16)13(15)9-11(3)4/h11-13H,5-10,15H2,1-4H3/t12?,13-/m0/s1. The topological polar surface area (TPSA) is 52.3 Å². The minimum atomic E-state index is -0.460. The van der Waals surface area contributed by atoms with Gasteiger partial charge in [-0.2, -0.15) is 0 Å². The molecule has 0 radical (unpaired) electrons. The second-order valence-electron chi connectivity index (χ2n) is 5.28. The third kappa shape index (κ3) is 8.19. The maximum absolute atomic E-state index is 11.6. The molecule has 0 aliphatic heterocycles. The van der Waals surface area contributed by atoms with E-state index in [-0.39, 0.29) is 5.97 Å². The fraction of sp³-hybridized carbons (Fsp3) is 0.929. The number of hydrogen-bond acceptors (Lipinski definition) is 3. The Hall–Kier alpha value is -0.570. The number of unbranched alkanes of at least 4 members (excludes halogenated alkanes) is 1. The summed E-state index contributed by atoms with van der Waals surface area (Å²) in [6, 6.07) is -0.460. The molecule has 3 nitrogen and oxygen atoms in total. The molecule has 17 heavy (non-hydrogen) atoms. The Bertz CT molecular complexity index is 204. The van der Waals surface area contributed by atoms with E-state index in [1.54, 1.807) is 0 Å². The highest BCUT2D eigenvalue weighted by Gasteiger charge is 2.17. The van der Waals surface area contributed by atoms with Gasteiger partial charge >= 0.3 is 5.97 Å². The van der Waals surface area contributed by atoms with Crippen LogP contribution in [0.4, 0.5) is 0 Å². The van der Waals surface area contributed by atoms with Gasteiger partial charge in [-0.3, -0.25) is 4.79 Å². The summed E-state index contributed by atoms with van der Waals surface area (Å²) in [5, 5.41) is 0. The third-order valence-corrected chi connectivity index (χ3v) is 3.03. The summed E-state index contributed by atoms with van der Waals surface area (Å²) in [5.74, 6) is 0.679. The number of esters is 1. The average Bonchev–Trinajstić information content (AvgIpc) is 2.28. The van der Waals surface area contributed by atoms with Gasteiger partial charge < -0.3 is 10.5 Å². The molecule has 0 heterocycles. The SMILES string of the molecule is CCCCC(CC)COC(=O)[C@@H](N)CC(C)C. The van der Waals surface area contributed by atoms with Crippen LogP contribution in [0.15, 0.2) is 0 Å². The fourth-order valence-electron chi connectivity index (χ4n) is 1.81. The van der Waals surface area contributed by atoms with Gasteiger partial charge in [-0.25, -0.2) is 0 Å². The van der Waals surface area contributed by atoms with Gasteiger partial charge in [-0.15, -0.1) is 0 Å². The maximum Gasteiger partial charge on any atom is 0.322 e. The lowest BCUT2D eigenvalue weighted by Gasteiger charge is -2.17. The summed E-state index contributed by atoms with van der Waals surface area (Å²) in [4.78, 5) is 11.6. The molecule has 0 rings (SSSR count). The van der Waals surface area contributed by atoms with Crippen LogP contribution in [0, 0.1) is 11.8 Å². The maximum atomic E-state index is 11.6. The predicted molar refractivity (Wildman–Crippen MR) is 71.7 cm³/mol. The molecule has 0 aromatic rings. The molecule has 0 spiro atoms. The molecule has 1 unspecified atom stereocenters. The Kier molecular flexibility index (Phi) is 9.14. The summed E-state index contributed by atoms with van der Waals surface area (Å²) in [5.41, 5.74) is 5.77. The molecule has 0 aliphatic rings. The van der Waals surface area contributed by atoms with Crippen LogP contribution in [-0.2, 0) is 9.53 Å². The Balaban J connectivity index is 3.86. The van der Waals surface area contributed by atoms with E-state index in [9.17, 15) is 4.79 Å². The van der Waals surface area contributed by atoms with Gasteiger partial charge in [0.15, 0.2) is 0 Å². The molecule has 0 bridgehead atoms. The van der Waals surface area contributed by atoms with E-state index in [0.29, 0.717) is 24.9 Å². The molecular formula is C14H29NO2. The lowest BCUT2D eigenvalue weighted by molar-refractivity contribution is -0.147. The molecule has 0 aromatic heterocycles. The van der Waals surface area contributed by atoms with Gasteiger partial charge in [0.2, 0.25) is 0 Å². The highest BCUT2D eigenvalue weighted by molar-refractivity contribution is 5.75. The first-order valence-electron chi connectivity index (χ1n) is 6.93. The van der Waals surface area contributed by atoms with Crippen molar-refractivity contribution in [2.75, 3.05) is 6.61 Å². The van der Waals surface area contributed by atoms with Gasteiger partial charge in [0.25, 0.3) is 0 Å². The van der Waals surface area contributed by atoms with Crippen molar-refractivity contribution in [3.8, 4) is 0 Å². The van der Waals surface area contributed by atoms with E-state index in [0.717, 1.165) is 12.8 Å². The highest BCUT2D eigenvalue weighted by atomic mass is 16.5. The Morgan fingerprint density at radius 3 is 2.41 bits per heavy atom. The van der Waals surface area contributed by atoms with Gasteiger partial charge in [0.1, 0.15) is 6.04 Å². The van der Waals surface area contributed by atoms with Crippen LogP contribution >= 0.6 is 0 Å². The van der Waals surface area contributed by atoms with Crippen molar-refractivity contribution < 1.29 is 9.53 Å².